The first kappa shape index (κ1) is 19.5. The lowest BCUT2D eigenvalue weighted by molar-refractivity contribution is 0.170. The van der Waals surface area contributed by atoms with Crippen LogP contribution in [0.4, 0.5) is 0 Å². The highest BCUT2D eigenvalue weighted by Gasteiger charge is 2.28. The topological polar surface area (TPSA) is 27.7 Å². The fourth-order valence-electron chi connectivity index (χ4n) is 3.51. The van der Waals surface area contributed by atoms with Gasteiger partial charge in [-0.05, 0) is 30.0 Å². The Kier molecular flexibility index (Phi) is 7.82. The summed E-state index contributed by atoms with van der Waals surface area (Å²) in [5.74, 6) is 1.56. The van der Waals surface area contributed by atoms with Gasteiger partial charge in [-0.2, -0.15) is 0 Å². The number of nitrogens with zero attached hydrogens (tertiary/aromatic N) is 2. The van der Waals surface area contributed by atoms with Crippen LogP contribution in [0.5, 0.6) is 5.75 Å². The Morgan fingerprint density at radius 1 is 1.12 bits per heavy atom. The minimum atomic E-state index is 0. The summed E-state index contributed by atoms with van der Waals surface area (Å²) in [5, 5.41) is 3.44. The van der Waals surface area contributed by atoms with Gasteiger partial charge in [-0.1, -0.05) is 26.0 Å². The maximum absolute atomic E-state index is 5.76. The second kappa shape index (κ2) is 9.62. The summed E-state index contributed by atoms with van der Waals surface area (Å²) in [6, 6.07) is 9.41. The molecule has 0 aliphatic carbocycles. The zero-order valence-electron chi connectivity index (χ0n) is 15.0. The van der Waals surface area contributed by atoms with Gasteiger partial charge in [-0.15, -0.1) is 12.4 Å². The van der Waals surface area contributed by atoms with Crippen LogP contribution in [0.15, 0.2) is 24.3 Å². The van der Waals surface area contributed by atoms with Crippen LogP contribution in [0.25, 0.3) is 0 Å². The number of piperazine rings is 1. The molecule has 0 saturated carbocycles. The molecule has 4 nitrogen and oxygen atoms in total. The third-order valence-corrected chi connectivity index (χ3v) is 4.83. The molecule has 1 unspecified atom stereocenters. The average Bonchev–Trinajstić information content (AvgIpc) is 3.03. The Bertz CT molecular complexity index is 474. The molecule has 0 bridgehead atoms. The summed E-state index contributed by atoms with van der Waals surface area (Å²) in [6.45, 7) is 13.4. The molecule has 24 heavy (non-hydrogen) atoms. The molecule has 1 aromatic rings. The van der Waals surface area contributed by atoms with Crippen LogP contribution in [0.1, 0.15) is 25.8 Å². The van der Waals surface area contributed by atoms with Crippen LogP contribution in [-0.4, -0.2) is 61.7 Å². The smallest absolute Gasteiger partial charge is 0.119 e. The zero-order valence-corrected chi connectivity index (χ0v) is 15.9. The number of ether oxygens (including phenoxy) is 1. The standard InChI is InChI=1S/C19H31N3O.ClH/c1-16(2)15-23-19-5-3-17(4-6-19)13-21-10-7-18(14-21)22-11-8-20-9-12-22;/h3-6,16,18,20H,7-15H2,1-2H3;1H. The maximum Gasteiger partial charge on any atom is 0.119 e. The molecule has 2 aliphatic heterocycles. The Labute approximate surface area is 153 Å². The quantitative estimate of drug-likeness (QED) is 0.850. The zero-order chi connectivity index (χ0) is 16.1. The largest absolute Gasteiger partial charge is 0.493 e. The number of likely N-dealkylation sites (tertiary alicyclic amines) is 1. The number of rotatable bonds is 6. The van der Waals surface area contributed by atoms with Crippen molar-refractivity contribution in [3.63, 3.8) is 0 Å². The highest BCUT2D eigenvalue weighted by molar-refractivity contribution is 5.85. The van der Waals surface area contributed by atoms with Crippen molar-refractivity contribution in [1.82, 2.24) is 15.1 Å². The first-order chi connectivity index (χ1) is 11.2. The summed E-state index contributed by atoms with van der Waals surface area (Å²) in [4.78, 5) is 5.26. The summed E-state index contributed by atoms with van der Waals surface area (Å²) >= 11 is 0. The van der Waals surface area contributed by atoms with Gasteiger partial charge >= 0.3 is 0 Å². The van der Waals surface area contributed by atoms with E-state index in [0.717, 1.165) is 38.0 Å². The second-order valence-corrected chi connectivity index (χ2v) is 7.31. The number of hydrogen-bond acceptors (Lipinski definition) is 4. The molecule has 2 saturated heterocycles. The minimum absolute atomic E-state index is 0. The van der Waals surface area contributed by atoms with Crippen LogP contribution in [0.3, 0.4) is 0 Å². The van der Waals surface area contributed by atoms with Crippen molar-refractivity contribution in [3.05, 3.63) is 29.8 Å². The molecule has 0 amide bonds. The summed E-state index contributed by atoms with van der Waals surface area (Å²) < 4.78 is 5.76. The fraction of sp³-hybridized carbons (Fsp3) is 0.684. The van der Waals surface area contributed by atoms with E-state index in [9.17, 15) is 0 Å². The first-order valence-corrected chi connectivity index (χ1v) is 9.09. The second-order valence-electron chi connectivity index (χ2n) is 7.31. The molecule has 0 spiro atoms. The highest BCUT2D eigenvalue weighted by atomic mass is 35.5. The lowest BCUT2D eigenvalue weighted by atomic mass is 10.2. The molecule has 1 atom stereocenters. The van der Waals surface area contributed by atoms with Gasteiger partial charge in [0.1, 0.15) is 5.75 Å². The lowest BCUT2D eigenvalue weighted by Gasteiger charge is -2.32. The number of benzene rings is 1. The Hall–Kier alpha value is -0.810. The molecule has 0 aromatic heterocycles. The van der Waals surface area contributed by atoms with Gasteiger partial charge in [0.05, 0.1) is 6.61 Å². The normalized spacial score (nSPS) is 22.5. The number of hydrogen-bond donors (Lipinski definition) is 1. The van der Waals surface area contributed by atoms with E-state index in [1.807, 2.05) is 0 Å². The third kappa shape index (κ3) is 5.62. The van der Waals surface area contributed by atoms with Crippen molar-refractivity contribution in [1.29, 1.82) is 0 Å². The molecule has 136 valence electrons. The molecular formula is C19H32ClN3O. The van der Waals surface area contributed by atoms with Crippen molar-refractivity contribution >= 4 is 12.4 Å². The fourth-order valence-corrected chi connectivity index (χ4v) is 3.51. The van der Waals surface area contributed by atoms with Crippen molar-refractivity contribution < 1.29 is 4.74 Å². The van der Waals surface area contributed by atoms with Gasteiger partial charge in [0.15, 0.2) is 0 Å². The molecular weight excluding hydrogens is 322 g/mol. The monoisotopic (exact) mass is 353 g/mol. The van der Waals surface area contributed by atoms with Crippen LogP contribution in [-0.2, 0) is 6.54 Å². The van der Waals surface area contributed by atoms with Crippen molar-refractivity contribution in [2.24, 2.45) is 5.92 Å². The Balaban J connectivity index is 0.00000208. The van der Waals surface area contributed by atoms with E-state index in [1.54, 1.807) is 0 Å². The molecule has 2 aliphatic rings. The van der Waals surface area contributed by atoms with E-state index in [2.05, 4.69) is 53.2 Å². The average molecular weight is 354 g/mol. The van der Waals surface area contributed by atoms with Gasteiger partial charge in [0.25, 0.3) is 0 Å². The predicted molar refractivity (Wildman–Crippen MR) is 102 cm³/mol. The molecule has 2 fully saturated rings. The summed E-state index contributed by atoms with van der Waals surface area (Å²) in [6.07, 6.45) is 1.32. The van der Waals surface area contributed by atoms with E-state index in [1.165, 1.54) is 38.2 Å². The Morgan fingerprint density at radius 2 is 1.83 bits per heavy atom. The summed E-state index contributed by atoms with van der Waals surface area (Å²) in [5.41, 5.74) is 1.39. The SMILES string of the molecule is CC(C)COc1ccc(CN2CCC(N3CCNCC3)C2)cc1.Cl. The van der Waals surface area contributed by atoms with Crippen LogP contribution in [0, 0.1) is 5.92 Å². The van der Waals surface area contributed by atoms with E-state index >= 15 is 0 Å². The van der Waals surface area contributed by atoms with Crippen LogP contribution in [0.2, 0.25) is 0 Å². The third-order valence-electron chi connectivity index (χ3n) is 4.83. The van der Waals surface area contributed by atoms with Crippen molar-refractivity contribution in [2.45, 2.75) is 32.9 Å². The van der Waals surface area contributed by atoms with E-state index in [0.29, 0.717) is 5.92 Å². The Morgan fingerprint density at radius 3 is 2.50 bits per heavy atom. The number of halogens is 1. The van der Waals surface area contributed by atoms with Crippen LogP contribution < -0.4 is 10.1 Å². The van der Waals surface area contributed by atoms with Gasteiger partial charge < -0.3 is 10.1 Å². The molecule has 3 rings (SSSR count). The molecule has 0 radical (unpaired) electrons. The minimum Gasteiger partial charge on any atom is -0.493 e. The summed E-state index contributed by atoms with van der Waals surface area (Å²) in [7, 11) is 0. The predicted octanol–water partition coefficient (Wildman–Crippen LogP) is 2.62. The molecule has 1 N–H and O–H groups in total. The molecule has 2 heterocycles. The van der Waals surface area contributed by atoms with Gasteiger partial charge in [0, 0.05) is 51.9 Å². The first-order valence-electron chi connectivity index (χ1n) is 9.09. The van der Waals surface area contributed by atoms with E-state index in [4.69, 9.17) is 4.74 Å². The van der Waals surface area contributed by atoms with Gasteiger partial charge in [0.2, 0.25) is 0 Å². The lowest BCUT2D eigenvalue weighted by Crippen LogP contribution is -2.49. The van der Waals surface area contributed by atoms with E-state index < -0.39 is 0 Å². The van der Waals surface area contributed by atoms with Crippen LogP contribution >= 0.6 is 12.4 Å². The van der Waals surface area contributed by atoms with Crippen molar-refractivity contribution in [3.8, 4) is 5.75 Å². The highest BCUT2D eigenvalue weighted by Crippen LogP contribution is 2.20. The van der Waals surface area contributed by atoms with Gasteiger partial charge in [-0.3, -0.25) is 9.80 Å². The maximum atomic E-state index is 5.76. The molecule has 5 heteroatoms. The molecule has 1 aromatic carbocycles. The van der Waals surface area contributed by atoms with Crippen molar-refractivity contribution in [2.75, 3.05) is 45.9 Å². The number of nitrogens with one attached hydrogen (secondary N) is 1. The van der Waals surface area contributed by atoms with E-state index in [-0.39, 0.29) is 12.4 Å². The van der Waals surface area contributed by atoms with Gasteiger partial charge in [-0.25, -0.2) is 0 Å².